The second-order valence-corrected chi connectivity index (χ2v) is 8.07. The van der Waals surface area contributed by atoms with Crippen LogP contribution >= 0.6 is 45.2 Å². The summed E-state index contributed by atoms with van der Waals surface area (Å²) in [6.45, 7) is 0.285. The fourth-order valence-electron chi connectivity index (χ4n) is 2.26. The van der Waals surface area contributed by atoms with Gasteiger partial charge in [-0.1, -0.05) is 18.2 Å². The van der Waals surface area contributed by atoms with Crippen LogP contribution in [0.1, 0.15) is 16.7 Å². The highest BCUT2D eigenvalue weighted by Gasteiger charge is 2.14. The quantitative estimate of drug-likeness (QED) is 0.298. The number of ether oxygens (including phenoxy) is 1. The van der Waals surface area contributed by atoms with E-state index < -0.39 is 0 Å². The number of halogens is 2. The minimum absolute atomic E-state index is 0.0724. The fourth-order valence-corrected chi connectivity index (χ4v) is 4.38. The second kappa shape index (κ2) is 9.72. The Morgan fingerprint density at radius 1 is 1.19 bits per heavy atom. The van der Waals surface area contributed by atoms with Crippen LogP contribution < -0.4 is 4.74 Å². The Hall–Kier alpha value is -2.11. The van der Waals surface area contributed by atoms with Crippen molar-refractivity contribution >= 4 is 57.2 Å². The number of nitrogens with zero attached hydrogens (tertiary/aromatic N) is 3. The van der Waals surface area contributed by atoms with Crippen LogP contribution in [-0.4, -0.2) is 24.9 Å². The smallest absolute Gasteiger partial charge is 0.264 e. The van der Waals surface area contributed by atoms with E-state index in [0.717, 1.165) is 18.3 Å². The van der Waals surface area contributed by atoms with Crippen LogP contribution in [0, 0.1) is 29.8 Å². The molecule has 2 aromatic rings. The van der Waals surface area contributed by atoms with Crippen molar-refractivity contribution in [3.63, 3.8) is 0 Å². The number of carbonyl (C=O) groups is 1. The summed E-state index contributed by atoms with van der Waals surface area (Å²) in [6.07, 6.45) is 1.57. The number of benzene rings is 2. The molecule has 0 saturated heterocycles. The van der Waals surface area contributed by atoms with E-state index in [2.05, 4.69) is 51.3 Å². The summed E-state index contributed by atoms with van der Waals surface area (Å²) in [5, 5.41) is 18.4. The first-order valence-corrected chi connectivity index (χ1v) is 9.96. The molecule has 0 heterocycles. The molecule has 27 heavy (non-hydrogen) atoms. The molecule has 0 aliphatic heterocycles. The van der Waals surface area contributed by atoms with Gasteiger partial charge in [0.2, 0.25) is 0 Å². The minimum Gasteiger partial charge on any atom is -0.487 e. The Balaban J connectivity index is 2.28. The number of rotatable bonds is 5. The van der Waals surface area contributed by atoms with Gasteiger partial charge in [-0.05, 0) is 75.0 Å². The Kier molecular flexibility index (Phi) is 7.63. The molecule has 2 rings (SSSR count). The Morgan fingerprint density at radius 2 is 1.81 bits per heavy atom. The molecule has 136 valence electrons. The molecular weight excluding hydrogens is 568 g/mol. The number of nitriles is 2. The number of likely N-dealkylation sites (N-methyl/N-ethyl adjacent to an activating group) is 1. The predicted molar refractivity (Wildman–Crippen MR) is 120 cm³/mol. The molecule has 1 amide bonds. The third-order valence-electron chi connectivity index (χ3n) is 3.60. The maximum Gasteiger partial charge on any atom is 0.264 e. The number of hydrogen-bond acceptors (Lipinski definition) is 4. The van der Waals surface area contributed by atoms with E-state index >= 15 is 0 Å². The van der Waals surface area contributed by atoms with Crippen molar-refractivity contribution in [2.24, 2.45) is 0 Å². The molecule has 5 nitrogen and oxygen atoms in total. The van der Waals surface area contributed by atoms with Gasteiger partial charge in [0.1, 0.15) is 24.0 Å². The molecule has 0 aliphatic carbocycles. The summed E-state index contributed by atoms with van der Waals surface area (Å²) in [4.78, 5) is 13.4. The van der Waals surface area contributed by atoms with Crippen LogP contribution in [0.5, 0.6) is 5.75 Å². The summed E-state index contributed by atoms with van der Waals surface area (Å²) in [5.41, 5.74) is 2.23. The van der Waals surface area contributed by atoms with Gasteiger partial charge in [-0.3, -0.25) is 4.79 Å². The molecule has 2 aromatic carbocycles. The largest absolute Gasteiger partial charge is 0.487 e. The van der Waals surface area contributed by atoms with Crippen LogP contribution in [0.25, 0.3) is 6.08 Å². The Morgan fingerprint density at radius 3 is 2.37 bits per heavy atom. The van der Waals surface area contributed by atoms with Gasteiger partial charge in [-0.15, -0.1) is 0 Å². The van der Waals surface area contributed by atoms with E-state index in [1.54, 1.807) is 26.2 Å². The minimum atomic E-state index is -0.337. The average molecular weight is 583 g/mol. The second-order valence-electron chi connectivity index (χ2n) is 5.74. The van der Waals surface area contributed by atoms with Gasteiger partial charge in [0.05, 0.1) is 18.8 Å². The van der Waals surface area contributed by atoms with Crippen molar-refractivity contribution in [3.8, 4) is 17.9 Å². The standard InChI is InChI=1S/C20H15I2N3O2/c1-25(2)20(26)16(11-24)7-13-8-17(21)19(18(22)9-13)27-12-15-6-4-3-5-14(15)10-23/h3-9H,12H2,1-2H3/b16-7-. The lowest BCUT2D eigenvalue weighted by Crippen LogP contribution is -2.22. The number of hydrogen-bond donors (Lipinski definition) is 0. The summed E-state index contributed by atoms with van der Waals surface area (Å²) in [6, 6.07) is 15.1. The lowest BCUT2D eigenvalue weighted by Gasteiger charge is -2.13. The van der Waals surface area contributed by atoms with Crippen LogP contribution in [0.15, 0.2) is 42.0 Å². The van der Waals surface area contributed by atoms with Gasteiger partial charge in [0.25, 0.3) is 5.91 Å². The Bertz CT molecular complexity index is 962. The van der Waals surface area contributed by atoms with Gasteiger partial charge in [0.15, 0.2) is 0 Å². The topological polar surface area (TPSA) is 77.1 Å². The van der Waals surface area contributed by atoms with Crippen molar-refractivity contribution in [1.82, 2.24) is 4.90 Å². The highest BCUT2D eigenvalue weighted by molar-refractivity contribution is 14.1. The van der Waals surface area contributed by atoms with Gasteiger partial charge in [-0.2, -0.15) is 10.5 Å². The number of amides is 1. The van der Waals surface area contributed by atoms with E-state index in [4.69, 9.17) is 4.74 Å². The SMILES string of the molecule is CN(C)C(=O)/C(C#N)=C\c1cc(I)c(OCc2ccccc2C#N)c(I)c1. The van der Waals surface area contributed by atoms with Crippen LogP contribution in [-0.2, 0) is 11.4 Å². The molecule has 0 spiro atoms. The highest BCUT2D eigenvalue weighted by atomic mass is 127. The zero-order valence-corrected chi connectivity index (χ0v) is 19.0. The molecule has 0 fully saturated rings. The van der Waals surface area contributed by atoms with Gasteiger partial charge < -0.3 is 9.64 Å². The van der Waals surface area contributed by atoms with E-state index in [1.807, 2.05) is 36.4 Å². The first-order valence-electron chi connectivity index (χ1n) is 7.80. The monoisotopic (exact) mass is 583 g/mol. The van der Waals surface area contributed by atoms with Crippen LogP contribution in [0.2, 0.25) is 0 Å². The van der Waals surface area contributed by atoms with Crippen molar-refractivity contribution in [1.29, 1.82) is 10.5 Å². The fraction of sp³-hybridized carbons (Fsp3) is 0.150. The predicted octanol–water partition coefficient (Wildman–Crippen LogP) is 4.34. The van der Waals surface area contributed by atoms with E-state index in [-0.39, 0.29) is 18.1 Å². The molecule has 0 radical (unpaired) electrons. The Labute approximate surface area is 185 Å². The van der Waals surface area contributed by atoms with Crippen molar-refractivity contribution in [3.05, 3.63) is 65.8 Å². The molecular formula is C20H15I2N3O2. The lowest BCUT2D eigenvalue weighted by molar-refractivity contribution is -0.124. The van der Waals surface area contributed by atoms with Crippen molar-refractivity contribution in [2.45, 2.75) is 6.61 Å². The molecule has 0 unspecified atom stereocenters. The van der Waals surface area contributed by atoms with Crippen molar-refractivity contribution < 1.29 is 9.53 Å². The van der Waals surface area contributed by atoms with E-state index in [0.29, 0.717) is 11.3 Å². The van der Waals surface area contributed by atoms with E-state index in [9.17, 15) is 15.3 Å². The van der Waals surface area contributed by atoms with Gasteiger partial charge in [-0.25, -0.2) is 0 Å². The van der Waals surface area contributed by atoms with Gasteiger partial charge >= 0.3 is 0 Å². The molecule has 0 aliphatic rings. The van der Waals surface area contributed by atoms with E-state index in [1.165, 1.54) is 4.90 Å². The van der Waals surface area contributed by atoms with Crippen LogP contribution in [0.3, 0.4) is 0 Å². The van der Waals surface area contributed by atoms with Gasteiger partial charge in [0, 0.05) is 19.7 Å². The van der Waals surface area contributed by atoms with Crippen molar-refractivity contribution in [2.75, 3.05) is 14.1 Å². The number of carbonyl (C=O) groups excluding carboxylic acids is 1. The maximum absolute atomic E-state index is 12.0. The normalized spacial score (nSPS) is 10.7. The highest BCUT2D eigenvalue weighted by Crippen LogP contribution is 2.30. The zero-order valence-electron chi connectivity index (χ0n) is 14.7. The molecule has 0 bridgehead atoms. The lowest BCUT2D eigenvalue weighted by atomic mass is 10.1. The first kappa shape index (κ1) is 21.2. The third-order valence-corrected chi connectivity index (χ3v) is 5.20. The zero-order chi connectivity index (χ0) is 20.0. The molecule has 0 aromatic heterocycles. The van der Waals surface area contributed by atoms with Crippen LogP contribution in [0.4, 0.5) is 0 Å². The molecule has 0 atom stereocenters. The average Bonchev–Trinajstić information content (AvgIpc) is 2.65. The molecule has 0 saturated carbocycles. The summed E-state index contributed by atoms with van der Waals surface area (Å²) < 4.78 is 7.65. The summed E-state index contributed by atoms with van der Waals surface area (Å²) in [7, 11) is 3.22. The summed E-state index contributed by atoms with van der Waals surface area (Å²) >= 11 is 4.32. The molecule has 7 heteroatoms. The maximum atomic E-state index is 12.0. The molecule has 0 N–H and O–H groups in total. The first-order chi connectivity index (χ1) is 12.9. The third kappa shape index (κ3) is 5.44. The summed E-state index contributed by atoms with van der Waals surface area (Å²) in [5.74, 6) is 0.370.